The van der Waals surface area contributed by atoms with Gasteiger partial charge in [0.1, 0.15) is 5.82 Å². The minimum Gasteiger partial charge on any atom is -0.411 e. The van der Waals surface area contributed by atoms with Gasteiger partial charge in [0.2, 0.25) is 11.8 Å². The average Bonchev–Trinajstić information content (AvgIpc) is 3.01. The monoisotopic (exact) mass is 335 g/mol. The van der Waals surface area contributed by atoms with Gasteiger partial charge in [-0.05, 0) is 37.0 Å². The molecular weight excluding hydrogens is 317 g/mol. The van der Waals surface area contributed by atoms with E-state index in [0.29, 0.717) is 16.7 Å². The number of halogens is 1. The van der Waals surface area contributed by atoms with Crippen LogP contribution in [0.1, 0.15) is 19.8 Å². The summed E-state index contributed by atoms with van der Waals surface area (Å²) >= 11 is 1.22. The molecule has 2 aromatic rings. The van der Waals surface area contributed by atoms with Crippen LogP contribution in [-0.4, -0.2) is 39.8 Å². The average molecular weight is 335 g/mol. The lowest BCUT2D eigenvalue weighted by atomic mass is 10.0. The van der Waals surface area contributed by atoms with Crippen molar-refractivity contribution in [3.8, 4) is 11.5 Å². The summed E-state index contributed by atoms with van der Waals surface area (Å²) < 4.78 is 18.7. The Hall–Kier alpha value is -1.89. The van der Waals surface area contributed by atoms with Crippen LogP contribution in [0, 0.1) is 11.7 Å². The van der Waals surface area contributed by atoms with Gasteiger partial charge >= 0.3 is 0 Å². The van der Waals surface area contributed by atoms with Gasteiger partial charge in [-0.25, -0.2) is 4.39 Å². The van der Waals surface area contributed by atoms with Crippen LogP contribution in [0.3, 0.4) is 0 Å². The number of aromatic nitrogens is 2. The lowest BCUT2D eigenvalue weighted by molar-refractivity contribution is -0.130. The fraction of sp³-hybridized carbons (Fsp3) is 0.438. The van der Waals surface area contributed by atoms with Gasteiger partial charge in [-0.3, -0.25) is 4.79 Å². The molecule has 0 radical (unpaired) electrons. The second-order valence-corrected chi connectivity index (χ2v) is 6.69. The topological polar surface area (TPSA) is 59.2 Å². The SMILES string of the molecule is C[C@H]1CCCN(C(=O)CSc2nnc(-c3cccc(F)c3)o2)C1. The maximum Gasteiger partial charge on any atom is 0.277 e. The Labute approximate surface area is 138 Å². The van der Waals surface area contributed by atoms with Crippen LogP contribution in [0.2, 0.25) is 0 Å². The summed E-state index contributed by atoms with van der Waals surface area (Å²) in [7, 11) is 0. The number of rotatable bonds is 4. The van der Waals surface area contributed by atoms with Crippen LogP contribution >= 0.6 is 11.8 Å². The highest BCUT2D eigenvalue weighted by Crippen LogP contribution is 2.24. The van der Waals surface area contributed by atoms with Crippen molar-refractivity contribution >= 4 is 17.7 Å². The molecule has 1 aromatic carbocycles. The van der Waals surface area contributed by atoms with Gasteiger partial charge < -0.3 is 9.32 Å². The number of likely N-dealkylation sites (tertiary alicyclic amines) is 1. The number of carbonyl (C=O) groups is 1. The first-order valence-electron chi connectivity index (χ1n) is 7.62. The van der Waals surface area contributed by atoms with Crippen molar-refractivity contribution in [3.05, 3.63) is 30.1 Å². The molecule has 0 spiro atoms. The van der Waals surface area contributed by atoms with Gasteiger partial charge in [0.25, 0.3) is 5.22 Å². The van der Waals surface area contributed by atoms with E-state index in [0.717, 1.165) is 19.5 Å². The molecule has 1 aliphatic rings. The van der Waals surface area contributed by atoms with Gasteiger partial charge in [0.05, 0.1) is 5.75 Å². The van der Waals surface area contributed by atoms with E-state index >= 15 is 0 Å². The normalized spacial score (nSPS) is 18.2. The summed E-state index contributed by atoms with van der Waals surface area (Å²) in [6.07, 6.45) is 2.24. The van der Waals surface area contributed by atoms with Gasteiger partial charge in [0.15, 0.2) is 0 Å². The summed E-state index contributed by atoms with van der Waals surface area (Å²) in [6, 6.07) is 5.98. The third-order valence-electron chi connectivity index (χ3n) is 3.81. The van der Waals surface area contributed by atoms with E-state index in [9.17, 15) is 9.18 Å². The van der Waals surface area contributed by atoms with Crippen LogP contribution in [0.5, 0.6) is 0 Å². The number of carbonyl (C=O) groups excluding carboxylic acids is 1. The molecular formula is C16H18FN3O2S. The van der Waals surface area contributed by atoms with E-state index < -0.39 is 0 Å². The molecule has 0 bridgehead atoms. The van der Waals surface area contributed by atoms with Crippen molar-refractivity contribution in [3.63, 3.8) is 0 Å². The van der Waals surface area contributed by atoms with Gasteiger partial charge in [-0.2, -0.15) is 0 Å². The van der Waals surface area contributed by atoms with Crippen molar-refractivity contribution < 1.29 is 13.6 Å². The van der Waals surface area contributed by atoms with E-state index in [-0.39, 0.29) is 23.4 Å². The van der Waals surface area contributed by atoms with E-state index in [1.807, 2.05) is 4.90 Å². The first-order valence-corrected chi connectivity index (χ1v) is 8.60. The van der Waals surface area contributed by atoms with E-state index in [1.165, 1.54) is 30.3 Å². The number of hydrogen-bond acceptors (Lipinski definition) is 5. The molecule has 1 atom stereocenters. The highest BCUT2D eigenvalue weighted by atomic mass is 32.2. The van der Waals surface area contributed by atoms with Crippen molar-refractivity contribution in [2.75, 3.05) is 18.8 Å². The lowest BCUT2D eigenvalue weighted by Gasteiger charge is -2.30. The summed E-state index contributed by atoms with van der Waals surface area (Å²) in [5.74, 6) is 0.820. The molecule has 1 fully saturated rings. The predicted molar refractivity (Wildman–Crippen MR) is 85.4 cm³/mol. The number of amides is 1. The Bertz CT molecular complexity index is 691. The van der Waals surface area contributed by atoms with Crippen molar-refractivity contribution in [2.45, 2.75) is 25.0 Å². The van der Waals surface area contributed by atoms with Crippen LogP contribution in [-0.2, 0) is 4.79 Å². The second-order valence-electron chi connectivity index (χ2n) is 5.76. The van der Waals surface area contributed by atoms with E-state index in [2.05, 4.69) is 17.1 Å². The summed E-state index contributed by atoms with van der Waals surface area (Å²) in [6.45, 7) is 3.80. The molecule has 1 amide bonds. The third kappa shape index (κ3) is 4.10. The number of benzene rings is 1. The van der Waals surface area contributed by atoms with Crippen LogP contribution in [0.25, 0.3) is 11.5 Å². The minimum atomic E-state index is -0.357. The van der Waals surface area contributed by atoms with E-state index in [4.69, 9.17) is 4.42 Å². The van der Waals surface area contributed by atoms with E-state index in [1.54, 1.807) is 12.1 Å². The standard InChI is InChI=1S/C16H18FN3O2S/c1-11-4-3-7-20(9-11)14(21)10-23-16-19-18-15(22-16)12-5-2-6-13(17)8-12/h2,5-6,8,11H,3-4,7,9-10H2,1H3/t11-/m0/s1. The van der Waals surface area contributed by atoms with Crippen molar-refractivity contribution in [1.29, 1.82) is 0 Å². The molecule has 0 unspecified atom stereocenters. The molecule has 0 N–H and O–H groups in total. The fourth-order valence-corrected chi connectivity index (χ4v) is 3.30. The minimum absolute atomic E-state index is 0.0899. The van der Waals surface area contributed by atoms with Crippen molar-refractivity contribution in [2.24, 2.45) is 5.92 Å². The second kappa shape index (κ2) is 7.12. The zero-order valence-corrected chi connectivity index (χ0v) is 13.7. The van der Waals surface area contributed by atoms with Gasteiger partial charge in [0, 0.05) is 18.7 Å². The molecule has 1 saturated heterocycles. The predicted octanol–water partition coefficient (Wildman–Crippen LogP) is 3.23. The number of piperidine rings is 1. The molecule has 1 aromatic heterocycles. The molecule has 5 nitrogen and oxygen atoms in total. The Morgan fingerprint density at radius 3 is 3.13 bits per heavy atom. The largest absolute Gasteiger partial charge is 0.411 e. The summed E-state index contributed by atoms with van der Waals surface area (Å²) in [5, 5.41) is 8.13. The highest BCUT2D eigenvalue weighted by molar-refractivity contribution is 7.99. The fourth-order valence-electron chi connectivity index (χ4n) is 2.64. The zero-order valence-electron chi connectivity index (χ0n) is 12.9. The maximum absolute atomic E-state index is 13.2. The Morgan fingerprint density at radius 1 is 1.48 bits per heavy atom. The summed E-state index contributed by atoms with van der Waals surface area (Å²) in [5.41, 5.74) is 0.528. The molecule has 7 heteroatoms. The molecule has 0 saturated carbocycles. The molecule has 122 valence electrons. The summed E-state index contributed by atoms with van der Waals surface area (Å²) in [4.78, 5) is 14.1. The zero-order chi connectivity index (χ0) is 16.2. The molecule has 3 rings (SSSR count). The number of nitrogens with zero attached hydrogens (tertiary/aromatic N) is 3. The Morgan fingerprint density at radius 2 is 2.35 bits per heavy atom. The third-order valence-corrected chi connectivity index (χ3v) is 4.61. The number of thioether (sulfide) groups is 1. The maximum atomic E-state index is 13.2. The van der Waals surface area contributed by atoms with Gasteiger partial charge in [-0.15, -0.1) is 10.2 Å². The van der Waals surface area contributed by atoms with Crippen LogP contribution in [0.4, 0.5) is 4.39 Å². The van der Waals surface area contributed by atoms with Crippen LogP contribution < -0.4 is 0 Å². The first kappa shape index (κ1) is 16.0. The number of hydrogen-bond donors (Lipinski definition) is 0. The Balaban J connectivity index is 1.58. The molecule has 1 aliphatic heterocycles. The quantitative estimate of drug-likeness (QED) is 0.803. The molecule has 23 heavy (non-hydrogen) atoms. The molecule has 0 aliphatic carbocycles. The van der Waals surface area contributed by atoms with Crippen LogP contribution in [0.15, 0.2) is 33.9 Å². The highest BCUT2D eigenvalue weighted by Gasteiger charge is 2.21. The van der Waals surface area contributed by atoms with Gasteiger partial charge in [-0.1, -0.05) is 24.8 Å². The van der Waals surface area contributed by atoms with Crippen molar-refractivity contribution in [1.82, 2.24) is 15.1 Å². The first-order chi connectivity index (χ1) is 11.1. The Kier molecular flexibility index (Phi) is 4.95. The lowest BCUT2D eigenvalue weighted by Crippen LogP contribution is -2.40. The molecule has 2 heterocycles. The smallest absolute Gasteiger partial charge is 0.277 e.